The molecule has 2 saturated heterocycles. The van der Waals surface area contributed by atoms with Crippen molar-refractivity contribution in [2.75, 3.05) is 31.5 Å². The van der Waals surface area contributed by atoms with E-state index >= 15 is 0 Å². The van der Waals surface area contributed by atoms with Gasteiger partial charge in [0.1, 0.15) is 0 Å². The largest absolute Gasteiger partial charge is 0.325 e. The van der Waals surface area contributed by atoms with Crippen molar-refractivity contribution in [1.29, 1.82) is 0 Å². The van der Waals surface area contributed by atoms with Gasteiger partial charge in [-0.25, -0.2) is 0 Å². The lowest BCUT2D eigenvalue weighted by molar-refractivity contribution is -0.117. The molecular formula is C16H23BrClN3O. The number of likely N-dealkylation sites (tertiary alicyclic amines) is 1. The maximum Gasteiger partial charge on any atom is 0.238 e. The number of aryl methyl sites for hydroxylation is 1. The van der Waals surface area contributed by atoms with Crippen LogP contribution in [0.3, 0.4) is 0 Å². The Balaban J connectivity index is 0.00000176. The van der Waals surface area contributed by atoms with Crippen LogP contribution in [-0.2, 0) is 4.79 Å². The van der Waals surface area contributed by atoms with Gasteiger partial charge in [-0.1, -0.05) is 15.9 Å². The smallest absolute Gasteiger partial charge is 0.238 e. The van der Waals surface area contributed by atoms with E-state index in [2.05, 4.69) is 31.5 Å². The Morgan fingerprint density at radius 1 is 1.45 bits per heavy atom. The highest BCUT2D eigenvalue weighted by atomic mass is 79.9. The van der Waals surface area contributed by atoms with Gasteiger partial charge in [-0.05, 0) is 56.0 Å². The first-order valence-electron chi connectivity index (χ1n) is 7.63. The zero-order chi connectivity index (χ0) is 14.8. The summed E-state index contributed by atoms with van der Waals surface area (Å²) >= 11 is 3.47. The van der Waals surface area contributed by atoms with Crippen molar-refractivity contribution in [2.24, 2.45) is 5.92 Å². The predicted octanol–water partition coefficient (Wildman–Crippen LogP) is 2.80. The molecule has 0 radical (unpaired) electrons. The van der Waals surface area contributed by atoms with Gasteiger partial charge in [0.05, 0.1) is 6.54 Å². The van der Waals surface area contributed by atoms with E-state index in [1.807, 2.05) is 25.1 Å². The summed E-state index contributed by atoms with van der Waals surface area (Å²) in [7, 11) is 0. The van der Waals surface area contributed by atoms with Crippen LogP contribution in [0.5, 0.6) is 0 Å². The van der Waals surface area contributed by atoms with E-state index in [1.165, 1.54) is 6.42 Å². The van der Waals surface area contributed by atoms with Crippen LogP contribution in [0.2, 0.25) is 0 Å². The molecule has 2 N–H and O–H groups in total. The molecule has 6 heteroatoms. The lowest BCUT2D eigenvalue weighted by Crippen LogP contribution is -2.46. The first-order chi connectivity index (χ1) is 10.1. The van der Waals surface area contributed by atoms with E-state index in [0.717, 1.165) is 47.7 Å². The molecule has 2 unspecified atom stereocenters. The molecule has 2 aliphatic heterocycles. The second-order valence-electron chi connectivity index (χ2n) is 6.15. The van der Waals surface area contributed by atoms with Crippen LogP contribution >= 0.6 is 28.3 Å². The Morgan fingerprint density at radius 3 is 3.05 bits per heavy atom. The first-order valence-corrected chi connectivity index (χ1v) is 8.43. The van der Waals surface area contributed by atoms with Gasteiger partial charge < -0.3 is 10.6 Å². The molecule has 1 aromatic rings. The van der Waals surface area contributed by atoms with Crippen LogP contribution in [0.1, 0.15) is 18.4 Å². The Labute approximate surface area is 146 Å². The number of benzene rings is 1. The van der Waals surface area contributed by atoms with Crippen LogP contribution in [0.25, 0.3) is 0 Å². The third-order valence-corrected chi connectivity index (χ3v) is 5.44. The van der Waals surface area contributed by atoms with Gasteiger partial charge in [-0.3, -0.25) is 9.69 Å². The predicted molar refractivity (Wildman–Crippen MR) is 95.7 cm³/mol. The summed E-state index contributed by atoms with van der Waals surface area (Å²) in [5, 5.41) is 6.55. The zero-order valence-electron chi connectivity index (χ0n) is 12.8. The van der Waals surface area contributed by atoms with Crippen molar-refractivity contribution in [3.05, 3.63) is 28.2 Å². The summed E-state index contributed by atoms with van der Waals surface area (Å²) in [5.74, 6) is 0.808. The minimum absolute atomic E-state index is 0. The van der Waals surface area contributed by atoms with E-state index in [4.69, 9.17) is 0 Å². The van der Waals surface area contributed by atoms with E-state index in [9.17, 15) is 4.79 Å². The van der Waals surface area contributed by atoms with Gasteiger partial charge in [0.15, 0.2) is 0 Å². The number of fused-ring (bicyclic) bond motifs is 1. The van der Waals surface area contributed by atoms with Crippen LogP contribution in [0.4, 0.5) is 5.69 Å². The van der Waals surface area contributed by atoms with Gasteiger partial charge in [-0.2, -0.15) is 0 Å². The summed E-state index contributed by atoms with van der Waals surface area (Å²) in [5.41, 5.74) is 2.00. The summed E-state index contributed by atoms with van der Waals surface area (Å²) in [6.07, 6.45) is 2.41. The van der Waals surface area contributed by atoms with E-state index in [1.54, 1.807) is 0 Å². The summed E-state index contributed by atoms with van der Waals surface area (Å²) in [6, 6.07) is 6.58. The molecule has 122 valence electrons. The average molecular weight is 389 g/mol. The number of hydrogen-bond acceptors (Lipinski definition) is 3. The quantitative estimate of drug-likeness (QED) is 0.837. The highest BCUT2D eigenvalue weighted by molar-refractivity contribution is 9.10. The van der Waals surface area contributed by atoms with Crippen LogP contribution in [0.15, 0.2) is 22.7 Å². The summed E-state index contributed by atoms with van der Waals surface area (Å²) < 4.78 is 1.07. The Kier molecular flexibility index (Phi) is 6.26. The van der Waals surface area contributed by atoms with Crippen molar-refractivity contribution < 1.29 is 4.79 Å². The van der Waals surface area contributed by atoms with Crippen LogP contribution in [-0.4, -0.2) is 43.0 Å². The molecule has 0 aromatic heterocycles. The topological polar surface area (TPSA) is 44.4 Å². The number of nitrogens with one attached hydrogen (secondary N) is 2. The third kappa shape index (κ3) is 4.22. The van der Waals surface area contributed by atoms with E-state index in [-0.39, 0.29) is 18.3 Å². The molecule has 0 aliphatic carbocycles. The molecule has 22 heavy (non-hydrogen) atoms. The molecule has 3 rings (SSSR count). The van der Waals surface area contributed by atoms with Crippen LogP contribution < -0.4 is 10.6 Å². The fourth-order valence-corrected chi connectivity index (χ4v) is 3.64. The average Bonchev–Trinajstić information content (AvgIpc) is 2.90. The van der Waals surface area contributed by atoms with Crippen molar-refractivity contribution in [2.45, 2.75) is 25.8 Å². The lowest BCUT2D eigenvalue weighted by atomic mass is 9.93. The molecule has 0 spiro atoms. The molecule has 1 aromatic carbocycles. The maximum absolute atomic E-state index is 12.2. The number of nitrogens with zero attached hydrogens (tertiary/aromatic N) is 1. The molecule has 4 nitrogen and oxygen atoms in total. The SMILES string of the molecule is Cc1cc(NC(=O)CN2CCC3NCCC3C2)ccc1Br.Cl. The number of piperidine rings is 1. The van der Waals surface area contributed by atoms with Gasteiger partial charge in [0.2, 0.25) is 5.91 Å². The van der Waals surface area contributed by atoms with Crippen molar-refractivity contribution in [3.8, 4) is 0 Å². The molecule has 0 bridgehead atoms. The normalized spacial score (nSPS) is 24.5. The number of carbonyl (C=O) groups is 1. The summed E-state index contributed by atoms with van der Waals surface area (Å²) in [6.45, 7) is 5.72. The number of carbonyl (C=O) groups excluding carboxylic acids is 1. The number of amides is 1. The van der Waals surface area contributed by atoms with E-state index in [0.29, 0.717) is 12.6 Å². The second-order valence-corrected chi connectivity index (χ2v) is 7.00. The van der Waals surface area contributed by atoms with Crippen molar-refractivity contribution >= 4 is 39.9 Å². The lowest BCUT2D eigenvalue weighted by Gasteiger charge is -2.34. The molecule has 1 amide bonds. The summed E-state index contributed by atoms with van der Waals surface area (Å²) in [4.78, 5) is 14.5. The molecular weight excluding hydrogens is 366 g/mol. The number of hydrogen-bond donors (Lipinski definition) is 2. The van der Waals surface area contributed by atoms with Crippen molar-refractivity contribution in [1.82, 2.24) is 10.2 Å². The Hall–Kier alpha value is -0.620. The van der Waals surface area contributed by atoms with E-state index < -0.39 is 0 Å². The molecule has 2 atom stereocenters. The number of anilines is 1. The minimum Gasteiger partial charge on any atom is -0.325 e. The zero-order valence-corrected chi connectivity index (χ0v) is 15.2. The highest BCUT2D eigenvalue weighted by Gasteiger charge is 2.32. The van der Waals surface area contributed by atoms with Crippen molar-refractivity contribution in [3.63, 3.8) is 0 Å². The van der Waals surface area contributed by atoms with Gasteiger partial charge >= 0.3 is 0 Å². The fraction of sp³-hybridized carbons (Fsp3) is 0.562. The second kappa shape index (κ2) is 7.77. The molecule has 0 saturated carbocycles. The number of rotatable bonds is 3. The highest BCUT2D eigenvalue weighted by Crippen LogP contribution is 2.24. The minimum atomic E-state index is 0. The molecule has 2 aliphatic rings. The standard InChI is InChI=1S/C16H22BrN3O.ClH/c1-11-8-13(2-3-14(11)17)19-16(21)10-20-7-5-15-12(9-20)4-6-18-15;/h2-3,8,12,15,18H,4-7,9-10H2,1H3,(H,19,21);1H. The monoisotopic (exact) mass is 387 g/mol. The molecule has 2 fully saturated rings. The Bertz CT molecular complexity index is 540. The molecule has 2 heterocycles. The Morgan fingerprint density at radius 2 is 2.27 bits per heavy atom. The van der Waals surface area contributed by atoms with Crippen LogP contribution in [0, 0.1) is 12.8 Å². The van der Waals surface area contributed by atoms with Gasteiger partial charge in [0.25, 0.3) is 0 Å². The third-order valence-electron chi connectivity index (χ3n) is 4.55. The maximum atomic E-state index is 12.2. The number of halogens is 2. The van der Waals surface area contributed by atoms with Gasteiger partial charge in [0, 0.05) is 29.3 Å². The van der Waals surface area contributed by atoms with Gasteiger partial charge in [-0.15, -0.1) is 12.4 Å². The first kappa shape index (κ1) is 17.7. The fourth-order valence-electron chi connectivity index (χ4n) is 3.39.